The number of carbonyl (C=O) groups excluding carboxylic acids is 1. The van der Waals surface area contributed by atoms with Crippen LogP contribution in [0, 0.1) is 0 Å². The molecule has 2 heterocycles. The van der Waals surface area contributed by atoms with Crippen molar-refractivity contribution in [2.75, 3.05) is 12.3 Å². The van der Waals surface area contributed by atoms with Gasteiger partial charge in [0.05, 0.1) is 30.4 Å². The fraction of sp³-hybridized carbons (Fsp3) is 0.182. The van der Waals surface area contributed by atoms with Gasteiger partial charge in [0.1, 0.15) is 0 Å². The van der Waals surface area contributed by atoms with E-state index in [4.69, 9.17) is 10.5 Å². The largest absolute Gasteiger partial charge is 0.461 e. The smallest absolute Gasteiger partial charge is 0.361 e. The molecule has 0 bridgehead atoms. The lowest BCUT2D eigenvalue weighted by Crippen LogP contribution is -2.08. The summed E-state index contributed by atoms with van der Waals surface area (Å²) in [6.07, 6.45) is 4.84. The van der Waals surface area contributed by atoms with Crippen molar-refractivity contribution in [3.8, 4) is 5.69 Å². The van der Waals surface area contributed by atoms with Crippen molar-refractivity contribution in [3.05, 3.63) is 36.4 Å². The Labute approximate surface area is 98.0 Å². The first-order valence-electron chi connectivity index (χ1n) is 5.15. The van der Waals surface area contributed by atoms with Gasteiger partial charge in [-0.3, -0.25) is 4.98 Å². The predicted molar refractivity (Wildman–Crippen MR) is 61.7 cm³/mol. The van der Waals surface area contributed by atoms with Gasteiger partial charge in [-0.05, 0) is 19.1 Å². The Hall–Kier alpha value is -2.37. The number of nitrogen functional groups attached to an aromatic ring is 1. The minimum Gasteiger partial charge on any atom is -0.461 e. The first-order chi connectivity index (χ1) is 8.22. The Morgan fingerprint density at radius 1 is 1.59 bits per heavy atom. The molecule has 0 aliphatic rings. The first-order valence-corrected chi connectivity index (χ1v) is 5.15. The van der Waals surface area contributed by atoms with E-state index in [9.17, 15) is 4.79 Å². The molecule has 0 fully saturated rings. The second-order valence-corrected chi connectivity index (χ2v) is 3.31. The number of hydrogen-bond donors (Lipinski definition) is 1. The average Bonchev–Trinajstić information content (AvgIpc) is 2.73. The topological polar surface area (TPSA) is 83.0 Å². The molecule has 0 unspecified atom stereocenters. The van der Waals surface area contributed by atoms with Crippen molar-refractivity contribution < 1.29 is 9.53 Å². The quantitative estimate of drug-likeness (QED) is 0.799. The maximum Gasteiger partial charge on any atom is 0.361 e. The number of anilines is 1. The number of carbonyl (C=O) groups is 1. The Morgan fingerprint density at radius 3 is 3.06 bits per heavy atom. The lowest BCUT2D eigenvalue weighted by Gasteiger charge is -1.99. The van der Waals surface area contributed by atoms with Gasteiger partial charge in [-0.1, -0.05) is 0 Å². The summed E-state index contributed by atoms with van der Waals surface area (Å²) in [5.41, 5.74) is 6.84. The van der Waals surface area contributed by atoms with Crippen LogP contribution in [-0.4, -0.2) is 27.3 Å². The third kappa shape index (κ3) is 2.25. The normalized spacial score (nSPS) is 10.2. The van der Waals surface area contributed by atoms with Crippen LogP contribution in [0.4, 0.5) is 5.69 Å². The van der Waals surface area contributed by atoms with Crippen LogP contribution in [-0.2, 0) is 4.74 Å². The number of hydrogen-bond acceptors (Lipinski definition) is 5. The van der Waals surface area contributed by atoms with E-state index in [1.54, 1.807) is 31.6 Å². The highest BCUT2D eigenvalue weighted by Gasteiger charge is 2.16. The van der Waals surface area contributed by atoms with Gasteiger partial charge in [-0.25, -0.2) is 9.48 Å². The number of aromatic nitrogens is 3. The molecule has 0 radical (unpaired) electrons. The second kappa shape index (κ2) is 4.65. The summed E-state index contributed by atoms with van der Waals surface area (Å²) in [7, 11) is 0. The molecule has 0 aromatic carbocycles. The Morgan fingerprint density at radius 2 is 2.41 bits per heavy atom. The zero-order valence-corrected chi connectivity index (χ0v) is 9.33. The van der Waals surface area contributed by atoms with Crippen LogP contribution in [0.1, 0.15) is 17.4 Å². The molecule has 0 saturated heterocycles. The van der Waals surface area contributed by atoms with Crippen LogP contribution in [0.25, 0.3) is 5.69 Å². The molecule has 2 aromatic heterocycles. The lowest BCUT2D eigenvalue weighted by molar-refractivity contribution is 0.0520. The summed E-state index contributed by atoms with van der Waals surface area (Å²) in [5, 5.41) is 4.08. The van der Waals surface area contributed by atoms with Gasteiger partial charge in [0, 0.05) is 6.20 Å². The molecule has 2 N–H and O–H groups in total. The number of nitrogens with two attached hydrogens (primary N) is 1. The summed E-state index contributed by atoms with van der Waals surface area (Å²) >= 11 is 0. The molecule has 0 aliphatic heterocycles. The van der Waals surface area contributed by atoms with Gasteiger partial charge in [-0.2, -0.15) is 5.10 Å². The maximum atomic E-state index is 11.5. The molecular formula is C11H12N4O2. The Balaban J connectivity index is 2.34. The summed E-state index contributed by atoms with van der Waals surface area (Å²) < 4.78 is 6.34. The standard InChI is InChI=1S/C11H12N4O2/c1-2-17-11(16)10-9(12)7-15(14-10)8-4-3-5-13-6-8/h3-7H,2,12H2,1H3. The maximum absolute atomic E-state index is 11.5. The Kier molecular flexibility index (Phi) is 3.04. The van der Waals surface area contributed by atoms with E-state index in [1.807, 2.05) is 6.07 Å². The highest BCUT2D eigenvalue weighted by molar-refractivity contribution is 5.92. The molecule has 0 amide bonds. The zero-order valence-electron chi connectivity index (χ0n) is 9.33. The van der Waals surface area contributed by atoms with Crippen molar-refractivity contribution in [1.82, 2.24) is 14.8 Å². The number of rotatable bonds is 3. The van der Waals surface area contributed by atoms with Crippen molar-refractivity contribution in [2.24, 2.45) is 0 Å². The van der Waals surface area contributed by atoms with Crippen molar-refractivity contribution in [3.63, 3.8) is 0 Å². The van der Waals surface area contributed by atoms with Crippen molar-refractivity contribution >= 4 is 11.7 Å². The second-order valence-electron chi connectivity index (χ2n) is 3.31. The fourth-order valence-electron chi connectivity index (χ4n) is 1.37. The van der Waals surface area contributed by atoms with Crippen LogP contribution in [0.15, 0.2) is 30.7 Å². The molecule has 88 valence electrons. The molecule has 6 heteroatoms. The van der Waals surface area contributed by atoms with Gasteiger partial charge < -0.3 is 10.5 Å². The van der Waals surface area contributed by atoms with Gasteiger partial charge in [0.2, 0.25) is 0 Å². The van der Waals surface area contributed by atoms with E-state index in [-0.39, 0.29) is 18.0 Å². The number of nitrogens with zero attached hydrogens (tertiary/aromatic N) is 3. The van der Waals surface area contributed by atoms with Gasteiger partial charge in [-0.15, -0.1) is 0 Å². The summed E-state index contributed by atoms with van der Waals surface area (Å²) in [5.74, 6) is -0.521. The minimum atomic E-state index is -0.521. The fourth-order valence-corrected chi connectivity index (χ4v) is 1.37. The van der Waals surface area contributed by atoms with E-state index in [0.29, 0.717) is 0 Å². The molecule has 0 aliphatic carbocycles. The van der Waals surface area contributed by atoms with Crippen LogP contribution in [0.5, 0.6) is 0 Å². The van der Waals surface area contributed by atoms with E-state index in [0.717, 1.165) is 5.69 Å². The summed E-state index contributed by atoms with van der Waals surface area (Å²) in [6.45, 7) is 2.02. The van der Waals surface area contributed by atoms with E-state index in [2.05, 4.69) is 10.1 Å². The van der Waals surface area contributed by atoms with E-state index < -0.39 is 5.97 Å². The van der Waals surface area contributed by atoms with E-state index in [1.165, 1.54) is 4.68 Å². The number of esters is 1. The third-order valence-electron chi connectivity index (χ3n) is 2.12. The molecule has 17 heavy (non-hydrogen) atoms. The van der Waals surface area contributed by atoms with Crippen LogP contribution in [0.3, 0.4) is 0 Å². The van der Waals surface area contributed by atoms with Crippen molar-refractivity contribution in [1.29, 1.82) is 0 Å². The van der Waals surface area contributed by atoms with Gasteiger partial charge in [0.15, 0.2) is 5.69 Å². The summed E-state index contributed by atoms with van der Waals surface area (Å²) in [4.78, 5) is 15.5. The van der Waals surface area contributed by atoms with Crippen LogP contribution < -0.4 is 5.73 Å². The SMILES string of the molecule is CCOC(=O)c1nn(-c2cccnc2)cc1N. The number of ether oxygens (including phenoxy) is 1. The van der Waals surface area contributed by atoms with Crippen LogP contribution in [0.2, 0.25) is 0 Å². The molecule has 2 rings (SSSR count). The molecule has 0 spiro atoms. The van der Waals surface area contributed by atoms with Crippen molar-refractivity contribution in [2.45, 2.75) is 6.92 Å². The molecule has 0 atom stereocenters. The van der Waals surface area contributed by atoms with Crippen LogP contribution >= 0.6 is 0 Å². The highest BCUT2D eigenvalue weighted by Crippen LogP contribution is 2.14. The average molecular weight is 232 g/mol. The summed E-state index contributed by atoms with van der Waals surface area (Å²) in [6, 6.07) is 3.59. The molecule has 2 aromatic rings. The first kappa shape index (κ1) is 11.1. The molecule has 6 nitrogen and oxygen atoms in total. The van der Waals surface area contributed by atoms with Gasteiger partial charge >= 0.3 is 5.97 Å². The van der Waals surface area contributed by atoms with Gasteiger partial charge in [0.25, 0.3) is 0 Å². The number of pyridine rings is 1. The predicted octanol–water partition coefficient (Wildman–Crippen LogP) is 1.03. The monoisotopic (exact) mass is 232 g/mol. The molecule has 0 saturated carbocycles. The van der Waals surface area contributed by atoms with E-state index >= 15 is 0 Å². The zero-order chi connectivity index (χ0) is 12.3. The minimum absolute atomic E-state index is 0.121. The lowest BCUT2D eigenvalue weighted by atomic mass is 10.4. The third-order valence-corrected chi connectivity index (χ3v) is 2.12. The highest BCUT2D eigenvalue weighted by atomic mass is 16.5. The molecular weight excluding hydrogens is 220 g/mol. The Bertz CT molecular complexity index is 522.